The molecule has 4 rings (SSSR count). The van der Waals surface area contributed by atoms with Gasteiger partial charge in [0.2, 0.25) is 0 Å². The Kier molecular flexibility index (Phi) is 3.53. The maximum Gasteiger partial charge on any atom is 0.136 e. The highest BCUT2D eigenvalue weighted by molar-refractivity contribution is 6.53. The lowest BCUT2D eigenvalue weighted by Gasteiger charge is -2.32. The molecule has 2 heterocycles. The minimum atomic E-state index is 0.766. The van der Waals surface area contributed by atoms with Crippen LogP contribution in [-0.2, 0) is 0 Å². The first-order valence-corrected chi connectivity index (χ1v) is 7.94. The number of fused-ring (bicyclic) bond motifs is 2. The Morgan fingerprint density at radius 1 is 0.864 bits per heavy atom. The summed E-state index contributed by atoms with van der Waals surface area (Å²) in [4.78, 5) is 2.35. The number of hydrogen-bond donors (Lipinski definition) is 1. The average molecular weight is 313 g/mol. The molecule has 0 unspecified atom stereocenters. The third kappa shape index (κ3) is 2.27. The van der Waals surface area contributed by atoms with Crippen molar-refractivity contribution in [2.75, 3.05) is 26.2 Å². The summed E-state index contributed by atoms with van der Waals surface area (Å²) in [6.07, 6.45) is 0. The molecule has 0 saturated carbocycles. The maximum absolute atomic E-state index is 6.82. The molecule has 0 spiro atoms. The zero-order valence-electron chi connectivity index (χ0n) is 12.2. The van der Waals surface area contributed by atoms with Gasteiger partial charge in [-0.25, -0.2) is 0 Å². The van der Waals surface area contributed by atoms with Gasteiger partial charge in [0.1, 0.15) is 11.5 Å². The van der Waals surface area contributed by atoms with E-state index in [1.807, 2.05) is 42.5 Å². The molecule has 2 aromatic carbocycles. The molecule has 0 aromatic heterocycles. The summed E-state index contributed by atoms with van der Waals surface area (Å²) in [6.45, 7) is 3.83. The van der Waals surface area contributed by atoms with Gasteiger partial charge in [0.25, 0.3) is 0 Å². The summed E-state index contributed by atoms with van der Waals surface area (Å²) < 4.78 is 6.13. The highest BCUT2D eigenvalue weighted by Gasteiger charge is 2.26. The van der Waals surface area contributed by atoms with E-state index >= 15 is 0 Å². The Balaban J connectivity index is 1.94. The number of nitrogens with one attached hydrogen (secondary N) is 1. The first-order chi connectivity index (χ1) is 10.8. The summed E-state index contributed by atoms with van der Waals surface area (Å²) in [5, 5.41) is 4.15. The van der Waals surface area contributed by atoms with Gasteiger partial charge in [0, 0.05) is 37.3 Å². The van der Waals surface area contributed by atoms with E-state index in [0.29, 0.717) is 0 Å². The number of ether oxygens (including phenoxy) is 1. The van der Waals surface area contributed by atoms with Gasteiger partial charge in [0.05, 0.1) is 10.7 Å². The van der Waals surface area contributed by atoms with Gasteiger partial charge in [-0.3, -0.25) is 0 Å². The molecule has 1 saturated heterocycles. The van der Waals surface area contributed by atoms with Gasteiger partial charge < -0.3 is 15.0 Å². The number of para-hydroxylation sites is 2. The van der Waals surface area contributed by atoms with Crippen LogP contribution in [0.2, 0.25) is 0 Å². The van der Waals surface area contributed by atoms with Gasteiger partial charge in [-0.15, -0.1) is 0 Å². The van der Waals surface area contributed by atoms with Gasteiger partial charge in [-0.1, -0.05) is 35.9 Å². The van der Waals surface area contributed by atoms with Crippen LogP contribution in [0.3, 0.4) is 0 Å². The molecule has 2 aliphatic heterocycles. The van der Waals surface area contributed by atoms with Crippen molar-refractivity contribution in [2.24, 2.45) is 0 Å². The normalized spacial score (nSPS) is 17.4. The van der Waals surface area contributed by atoms with Crippen molar-refractivity contribution >= 4 is 22.3 Å². The van der Waals surface area contributed by atoms with Crippen LogP contribution in [0.15, 0.2) is 48.5 Å². The standard InChI is InChI=1S/C18H17ClN2O/c19-17-13-5-1-3-7-15(13)22-16-8-4-2-6-14(16)18(17)21-11-9-20-10-12-21/h1-8,20H,9-12H2. The van der Waals surface area contributed by atoms with Crippen molar-refractivity contribution in [2.45, 2.75) is 0 Å². The van der Waals surface area contributed by atoms with Crippen LogP contribution in [0, 0.1) is 0 Å². The molecule has 0 amide bonds. The van der Waals surface area contributed by atoms with Crippen molar-refractivity contribution in [3.05, 3.63) is 59.7 Å². The number of benzene rings is 2. The summed E-state index contributed by atoms with van der Waals surface area (Å²) in [5.74, 6) is 1.67. The third-order valence-electron chi connectivity index (χ3n) is 4.13. The molecule has 4 heteroatoms. The monoisotopic (exact) mass is 312 g/mol. The summed E-state index contributed by atoms with van der Waals surface area (Å²) in [5.41, 5.74) is 3.09. The minimum Gasteiger partial charge on any atom is -0.456 e. The first kappa shape index (κ1) is 13.7. The zero-order valence-corrected chi connectivity index (χ0v) is 12.9. The fraction of sp³-hybridized carbons (Fsp3) is 0.222. The Morgan fingerprint density at radius 3 is 2.18 bits per heavy atom. The van der Waals surface area contributed by atoms with Gasteiger partial charge in [-0.2, -0.15) is 0 Å². The Morgan fingerprint density at radius 2 is 1.45 bits per heavy atom. The first-order valence-electron chi connectivity index (χ1n) is 7.57. The van der Waals surface area contributed by atoms with E-state index in [0.717, 1.165) is 59.5 Å². The smallest absolute Gasteiger partial charge is 0.136 e. The van der Waals surface area contributed by atoms with Crippen molar-refractivity contribution in [1.82, 2.24) is 10.2 Å². The molecule has 0 bridgehead atoms. The van der Waals surface area contributed by atoms with E-state index in [1.165, 1.54) is 0 Å². The molecule has 2 aromatic rings. The molecule has 112 valence electrons. The average Bonchev–Trinajstić information content (AvgIpc) is 2.70. The molecule has 0 aliphatic carbocycles. The van der Waals surface area contributed by atoms with Crippen molar-refractivity contribution in [3.8, 4) is 11.5 Å². The minimum absolute atomic E-state index is 0.766. The molecule has 22 heavy (non-hydrogen) atoms. The molecule has 2 aliphatic rings. The Labute approximate surface area is 135 Å². The molecule has 3 nitrogen and oxygen atoms in total. The number of piperazine rings is 1. The summed E-state index contributed by atoms with van der Waals surface area (Å²) in [7, 11) is 0. The number of nitrogens with zero attached hydrogens (tertiary/aromatic N) is 1. The Bertz CT molecular complexity index is 735. The van der Waals surface area contributed by atoms with E-state index in [2.05, 4.69) is 16.3 Å². The molecule has 0 radical (unpaired) electrons. The summed E-state index contributed by atoms with van der Waals surface area (Å²) in [6, 6.07) is 16.1. The molecule has 0 atom stereocenters. The van der Waals surface area contributed by atoms with Crippen LogP contribution in [0.4, 0.5) is 0 Å². The third-order valence-corrected chi connectivity index (χ3v) is 4.51. The van der Waals surface area contributed by atoms with Gasteiger partial charge in [0.15, 0.2) is 0 Å². The van der Waals surface area contributed by atoms with Crippen LogP contribution >= 0.6 is 11.6 Å². The van der Waals surface area contributed by atoms with E-state index in [1.54, 1.807) is 0 Å². The van der Waals surface area contributed by atoms with Crippen LogP contribution in [0.25, 0.3) is 10.7 Å². The van der Waals surface area contributed by atoms with Crippen LogP contribution < -0.4 is 10.1 Å². The van der Waals surface area contributed by atoms with Crippen LogP contribution in [-0.4, -0.2) is 31.1 Å². The lowest BCUT2D eigenvalue weighted by atomic mass is 10.1. The van der Waals surface area contributed by atoms with Crippen molar-refractivity contribution in [1.29, 1.82) is 0 Å². The molecular weight excluding hydrogens is 296 g/mol. The van der Waals surface area contributed by atoms with Crippen LogP contribution in [0.1, 0.15) is 11.1 Å². The second-order valence-electron chi connectivity index (χ2n) is 5.49. The second kappa shape index (κ2) is 5.67. The van der Waals surface area contributed by atoms with Gasteiger partial charge in [-0.05, 0) is 24.3 Å². The van der Waals surface area contributed by atoms with E-state index in [4.69, 9.17) is 16.3 Å². The quantitative estimate of drug-likeness (QED) is 0.867. The lowest BCUT2D eigenvalue weighted by molar-refractivity contribution is 0.341. The fourth-order valence-electron chi connectivity index (χ4n) is 3.05. The molecule has 1 N–H and O–H groups in total. The highest BCUT2D eigenvalue weighted by Crippen LogP contribution is 2.44. The van der Waals surface area contributed by atoms with Crippen molar-refractivity contribution < 1.29 is 4.74 Å². The number of rotatable bonds is 1. The SMILES string of the molecule is ClC1=C(N2CCNCC2)c2ccccc2Oc2ccccc21. The maximum atomic E-state index is 6.82. The topological polar surface area (TPSA) is 24.5 Å². The predicted octanol–water partition coefficient (Wildman–Crippen LogP) is 3.76. The summed E-state index contributed by atoms with van der Waals surface area (Å²) >= 11 is 6.82. The zero-order chi connectivity index (χ0) is 14.9. The lowest BCUT2D eigenvalue weighted by Crippen LogP contribution is -2.42. The van der Waals surface area contributed by atoms with Crippen LogP contribution in [0.5, 0.6) is 11.5 Å². The molecular formula is C18H17ClN2O. The number of hydrogen-bond acceptors (Lipinski definition) is 3. The van der Waals surface area contributed by atoms with E-state index in [-0.39, 0.29) is 0 Å². The van der Waals surface area contributed by atoms with Crippen molar-refractivity contribution in [3.63, 3.8) is 0 Å². The molecule has 1 fully saturated rings. The van der Waals surface area contributed by atoms with E-state index < -0.39 is 0 Å². The second-order valence-corrected chi connectivity index (χ2v) is 5.87. The highest BCUT2D eigenvalue weighted by atomic mass is 35.5. The Hall–Kier alpha value is -1.97. The predicted molar refractivity (Wildman–Crippen MR) is 90.1 cm³/mol. The van der Waals surface area contributed by atoms with Gasteiger partial charge >= 0.3 is 0 Å². The fourth-order valence-corrected chi connectivity index (χ4v) is 3.43. The largest absolute Gasteiger partial charge is 0.456 e. The van der Waals surface area contributed by atoms with E-state index in [9.17, 15) is 0 Å². The number of halogens is 1.